The van der Waals surface area contributed by atoms with Crippen molar-refractivity contribution < 1.29 is 4.79 Å². The second kappa shape index (κ2) is 5.47. The van der Waals surface area contributed by atoms with Crippen molar-refractivity contribution in [1.29, 1.82) is 0 Å². The Morgan fingerprint density at radius 3 is 2.78 bits per heavy atom. The predicted molar refractivity (Wildman–Crippen MR) is 73.8 cm³/mol. The lowest BCUT2D eigenvalue weighted by Gasteiger charge is -2.26. The Labute approximate surface area is 117 Å². The van der Waals surface area contributed by atoms with Crippen LogP contribution in [0.2, 0.25) is 10.0 Å². The maximum atomic E-state index is 12.0. The molecule has 2 atom stereocenters. The van der Waals surface area contributed by atoms with Crippen molar-refractivity contribution in [3.63, 3.8) is 0 Å². The van der Waals surface area contributed by atoms with Crippen LogP contribution in [0.5, 0.6) is 0 Å². The zero-order chi connectivity index (χ0) is 13.3. The van der Waals surface area contributed by atoms with Crippen LogP contribution in [0.1, 0.15) is 31.4 Å². The third-order valence-corrected chi connectivity index (χ3v) is 3.99. The fourth-order valence-corrected chi connectivity index (χ4v) is 2.66. The van der Waals surface area contributed by atoms with Crippen LogP contribution in [-0.2, 0) is 4.79 Å². The smallest absolute Gasteiger partial charge is 0.239 e. The highest BCUT2D eigenvalue weighted by atomic mass is 35.5. The van der Waals surface area contributed by atoms with Gasteiger partial charge in [-0.1, -0.05) is 29.3 Å². The van der Waals surface area contributed by atoms with Gasteiger partial charge < -0.3 is 10.6 Å². The largest absolute Gasteiger partial charge is 0.334 e. The third kappa shape index (κ3) is 2.63. The number of nitrogens with zero attached hydrogens (tertiary/aromatic N) is 1. The molecule has 0 radical (unpaired) electrons. The van der Waals surface area contributed by atoms with Gasteiger partial charge in [-0.2, -0.15) is 0 Å². The summed E-state index contributed by atoms with van der Waals surface area (Å²) in [5.74, 6) is -0.0106. The van der Waals surface area contributed by atoms with Crippen LogP contribution in [0.3, 0.4) is 0 Å². The standard InChI is InChI=1S/C13H16Cl2N2O/c1-8(16)13(18)17-6-2-3-12(17)9-4-5-10(14)11(15)7-9/h4-5,7-8,12H,2-3,6,16H2,1H3/t8-,12?/m0/s1. The van der Waals surface area contributed by atoms with Gasteiger partial charge in [-0.05, 0) is 37.5 Å². The van der Waals surface area contributed by atoms with Crippen LogP contribution < -0.4 is 5.73 Å². The molecule has 1 aromatic carbocycles. The predicted octanol–water partition coefficient (Wildman–Crippen LogP) is 3.00. The number of carbonyl (C=O) groups is 1. The van der Waals surface area contributed by atoms with Crippen LogP contribution >= 0.6 is 23.2 Å². The van der Waals surface area contributed by atoms with E-state index in [1.54, 1.807) is 13.0 Å². The zero-order valence-electron chi connectivity index (χ0n) is 10.2. The summed E-state index contributed by atoms with van der Waals surface area (Å²) < 4.78 is 0. The minimum atomic E-state index is -0.464. The summed E-state index contributed by atoms with van der Waals surface area (Å²) in [7, 11) is 0. The molecule has 1 amide bonds. The molecule has 3 nitrogen and oxygen atoms in total. The first kappa shape index (κ1) is 13.7. The van der Waals surface area contributed by atoms with Gasteiger partial charge in [-0.25, -0.2) is 0 Å². The fourth-order valence-electron chi connectivity index (χ4n) is 2.36. The Balaban J connectivity index is 2.26. The monoisotopic (exact) mass is 286 g/mol. The molecule has 2 rings (SSSR count). The van der Waals surface area contributed by atoms with Gasteiger partial charge >= 0.3 is 0 Å². The topological polar surface area (TPSA) is 46.3 Å². The van der Waals surface area contributed by atoms with Crippen molar-refractivity contribution >= 4 is 29.1 Å². The molecule has 1 aliphatic heterocycles. The maximum Gasteiger partial charge on any atom is 0.239 e. The van der Waals surface area contributed by atoms with E-state index in [-0.39, 0.29) is 11.9 Å². The Kier molecular flexibility index (Phi) is 4.15. The quantitative estimate of drug-likeness (QED) is 0.908. The average molecular weight is 287 g/mol. The highest BCUT2D eigenvalue weighted by Crippen LogP contribution is 2.35. The number of amides is 1. The summed E-state index contributed by atoms with van der Waals surface area (Å²) in [6.07, 6.45) is 1.93. The minimum Gasteiger partial charge on any atom is -0.334 e. The summed E-state index contributed by atoms with van der Waals surface area (Å²) in [6.45, 7) is 2.47. The number of hydrogen-bond acceptors (Lipinski definition) is 2. The maximum absolute atomic E-state index is 12.0. The van der Waals surface area contributed by atoms with E-state index in [0.717, 1.165) is 24.9 Å². The number of rotatable bonds is 2. The van der Waals surface area contributed by atoms with Crippen molar-refractivity contribution in [2.45, 2.75) is 31.8 Å². The van der Waals surface area contributed by atoms with Crippen LogP contribution in [0.4, 0.5) is 0 Å². The van der Waals surface area contributed by atoms with E-state index < -0.39 is 6.04 Å². The van der Waals surface area contributed by atoms with E-state index in [1.807, 2.05) is 17.0 Å². The first-order valence-corrected chi connectivity index (χ1v) is 6.77. The summed E-state index contributed by atoms with van der Waals surface area (Å²) in [5, 5.41) is 1.05. The van der Waals surface area contributed by atoms with E-state index in [9.17, 15) is 4.79 Å². The highest BCUT2D eigenvalue weighted by Gasteiger charge is 2.31. The van der Waals surface area contributed by atoms with Gasteiger partial charge in [0.05, 0.1) is 22.1 Å². The molecule has 98 valence electrons. The van der Waals surface area contributed by atoms with Gasteiger partial charge in [-0.3, -0.25) is 4.79 Å². The number of benzene rings is 1. The van der Waals surface area contributed by atoms with Crippen LogP contribution in [0, 0.1) is 0 Å². The molecule has 0 saturated carbocycles. The molecule has 2 N–H and O–H groups in total. The van der Waals surface area contributed by atoms with Gasteiger partial charge in [0, 0.05) is 6.54 Å². The Morgan fingerprint density at radius 1 is 1.44 bits per heavy atom. The summed E-state index contributed by atoms with van der Waals surface area (Å²) in [6, 6.07) is 5.13. The molecule has 0 bridgehead atoms. The zero-order valence-corrected chi connectivity index (χ0v) is 11.7. The molecule has 1 unspecified atom stereocenters. The summed E-state index contributed by atoms with van der Waals surface area (Å²) in [5.41, 5.74) is 6.70. The number of halogens is 2. The van der Waals surface area contributed by atoms with Gasteiger partial charge in [0.2, 0.25) is 5.91 Å². The fraction of sp³-hybridized carbons (Fsp3) is 0.462. The van der Waals surface area contributed by atoms with E-state index in [0.29, 0.717) is 10.0 Å². The molecular formula is C13H16Cl2N2O. The lowest BCUT2D eigenvalue weighted by molar-refractivity contribution is -0.133. The van der Waals surface area contributed by atoms with Gasteiger partial charge in [-0.15, -0.1) is 0 Å². The molecule has 0 spiro atoms. The molecule has 1 heterocycles. The van der Waals surface area contributed by atoms with Crippen molar-refractivity contribution in [3.8, 4) is 0 Å². The third-order valence-electron chi connectivity index (χ3n) is 3.25. The molecule has 1 saturated heterocycles. The van der Waals surface area contributed by atoms with E-state index in [2.05, 4.69) is 0 Å². The average Bonchev–Trinajstić information content (AvgIpc) is 2.80. The second-order valence-electron chi connectivity index (χ2n) is 4.65. The van der Waals surface area contributed by atoms with Crippen LogP contribution in [-0.4, -0.2) is 23.4 Å². The molecule has 18 heavy (non-hydrogen) atoms. The lowest BCUT2D eigenvalue weighted by atomic mass is 10.0. The van der Waals surface area contributed by atoms with E-state index >= 15 is 0 Å². The van der Waals surface area contributed by atoms with Crippen molar-refractivity contribution in [2.24, 2.45) is 5.73 Å². The van der Waals surface area contributed by atoms with Gasteiger partial charge in [0.15, 0.2) is 0 Å². The highest BCUT2D eigenvalue weighted by molar-refractivity contribution is 6.42. The normalized spacial score (nSPS) is 21.1. The van der Waals surface area contributed by atoms with Crippen molar-refractivity contribution in [3.05, 3.63) is 33.8 Å². The lowest BCUT2D eigenvalue weighted by Crippen LogP contribution is -2.41. The molecule has 5 heteroatoms. The molecule has 1 fully saturated rings. The van der Waals surface area contributed by atoms with Crippen molar-refractivity contribution in [2.75, 3.05) is 6.54 Å². The number of carbonyl (C=O) groups excluding carboxylic acids is 1. The molecule has 0 aromatic heterocycles. The first-order chi connectivity index (χ1) is 8.50. The van der Waals surface area contributed by atoms with Gasteiger partial charge in [0.25, 0.3) is 0 Å². The summed E-state index contributed by atoms with van der Waals surface area (Å²) >= 11 is 11.9. The molecule has 1 aromatic rings. The van der Waals surface area contributed by atoms with Crippen LogP contribution in [0.25, 0.3) is 0 Å². The number of hydrogen-bond donors (Lipinski definition) is 1. The minimum absolute atomic E-state index is 0.0106. The molecule has 0 aliphatic carbocycles. The summed E-state index contributed by atoms with van der Waals surface area (Å²) in [4.78, 5) is 13.9. The molecular weight excluding hydrogens is 271 g/mol. The molecule has 1 aliphatic rings. The Bertz CT molecular complexity index is 462. The second-order valence-corrected chi connectivity index (χ2v) is 5.47. The Hall–Kier alpha value is -0.770. The van der Waals surface area contributed by atoms with E-state index in [4.69, 9.17) is 28.9 Å². The number of nitrogens with two attached hydrogens (primary N) is 1. The van der Waals surface area contributed by atoms with E-state index in [1.165, 1.54) is 0 Å². The van der Waals surface area contributed by atoms with Crippen LogP contribution in [0.15, 0.2) is 18.2 Å². The number of likely N-dealkylation sites (tertiary alicyclic amines) is 1. The Morgan fingerprint density at radius 2 is 2.17 bits per heavy atom. The SMILES string of the molecule is C[C@H](N)C(=O)N1CCCC1c1ccc(Cl)c(Cl)c1. The van der Waals surface area contributed by atoms with Crippen molar-refractivity contribution in [1.82, 2.24) is 4.90 Å². The first-order valence-electron chi connectivity index (χ1n) is 6.01. The van der Waals surface area contributed by atoms with Gasteiger partial charge in [0.1, 0.15) is 0 Å².